The highest BCUT2D eigenvalue weighted by Crippen LogP contribution is 2.00. The quantitative estimate of drug-likeness (QED) is 0.678. The SMILES string of the molecule is O=C(c1ccc(F)cn1)n1ccnc1. The van der Waals surface area contributed by atoms with Gasteiger partial charge in [0.1, 0.15) is 17.8 Å². The summed E-state index contributed by atoms with van der Waals surface area (Å²) in [5, 5.41) is 0. The number of hydrogen-bond donors (Lipinski definition) is 0. The second-order valence-electron chi connectivity index (χ2n) is 2.64. The minimum absolute atomic E-state index is 0.185. The Bertz CT molecular complexity index is 436. The Labute approximate surface area is 79.0 Å². The van der Waals surface area contributed by atoms with Crippen LogP contribution in [0.15, 0.2) is 37.1 Å². The zero-order chi connectivity index (χ0) is 9.97. The molecule has 2 rings (SSSR count). The summed E-state index contributed by atoms with van der Waals surface area (Å²) >= 11 is 0. The van der Waals surface area contributed by atoms with Gasteiger partial charge >= 0.3 is 0 Å². The molecule has 14 heavy (non-hydrogen) atoms. The van der Waals surface area contributed by atoms with E-state index in [1.807, 2.05) is 0 Å². The normalized spacial score (nSPS) is 10.1. The van der Waals surface area contributed by atoms with Gasteiger partial charge in [0.2, 0.25) is 0 Å². The van der Waals surface area contributed by atoms with Gasteiger partial charge in [0, 0.05) is 12.4 Å². The molecule has 0 bridgehead atoms. The summed E-state index contributed by atoms with van der Waals surface area (Å²) in [6.45, 7) is 0. The zero-order valence-electron chi connectivity index (χ0n) is 7.09. The number of halogens is 1. The van der Waals surface area contributed by atoms with Gasteiger partial charge in [0.25, 0.3) is 5.91 Å². The van der Waals surface area contributed by atoms with E-state index in [0.717, 1.165) is 6.20 Å². The highest BCUT2D eigenvalue weighted by molar-refractivity contribution is 5.93. The van der Waals surface area contributed by atoms with Gasteiger partial charge in [-0.2, -0.15) is 0 Å². The fourth-order valence-corrected chi connectivity index (χ4v) is 1.01. The molecule has 0 aliphatic heterocycles. The van der Waals surface area contributed by atoms with E-state index in [4.69, 9.17) is 0 Å². The van der Waals surface area contributed by atoms with Crippen LogP contribution in [0.5, 0.6) is 0 Å². The molecule has 2 heterocycles. The molecule has 70 valence electrons. The van der Waals surface area contributed by atoms with Crippen LogP contribution in [0.25, 0.3) is 0 Å². The van der Waals surface area contributed by atoms with Crippen molar-refractivity contribution in [2.75, 3.05) is 0 Å². The molecule has 0 saturated heterocycles. The number of carbonyl (C=O) groups is 1. The van der Waals surface area contributed by atoms with Crippen LogP contribution < -0.4 is 0 Å². The smallest absolute Gasteiger partial charge is 0.271 e. The lowest BCUT2D eigenvalue weighted by Crippen LogP contribution is -2.11. The van der Waals surface area contributed by atoms with E-state index >= 15 is 0 Å². The molecule has 4 nitrogen and oxygen atoms in total. The molecule has 0 saturated carbocycles. The van der Waals surface area contributed by atoms with Crippen molar-refractivity contribution >= 4 is 5.91 Å². The summed E-state index contributed by atoms with van der Waals surface area (Å²) < 4.78 is 13.8. The van der Waals surface area contributed by atoms with Crippen LogP contribution in [0, 0.1) is 5.82 Å². The number of nitrogens with zero attached hydrogens (tertiary/aromatic N) is 3. The summed E-state index contributed by atoms with van der Waals surface area (Å²) in [6, 6.07) is 2.52. The molecule has 0 radical (unpaired) electrons. The fourth-order valence-electron chi connectivity index (χ4n) is 1.01. The van der Waals surface area contributed by atoms with E-state index < -0.39 is 5.82 Å². The average Bonchev–Trinajstić information content (AvgIpc) is 2.71. The number of hydrogen-bond acceptors (Lipinski definition) is 3. The van der Waals surface area contributed by atoms with Crippen LogP contribution in [0.2, 0.25) is 0 Å². The Morgan fingerprint density at radius 2 is 2.29 bits per heavy atom. The molecule has 0 atom stereocenters. The van der Waals surface area contributed by atoms with Gasteiger partial charge in [0.05, 0.1) is 6.20 Å². The third-order valence-corrected chi connectivity index (χ3v) is 1.69. The van der Waals surface area contributed by atoms with Gasteiger partial charge in [0.15, 0.2) is 0 Å². The van der Waals surface area contributed by atoms with Crippen molar-refractivity contribution in [2.45, 2.75) is 0 Å². The van der Waals surface area contributed by atoms with Gasteiger partial charge in [-0.25, -0.2) is 14.4 Å². The van der Waals surface area contributed by atoms with E-state index in [1.54, 1.807) is 0 Å². The molecule has 5 heteroatoms. The lowest BCUT2D eigenvalue weighted by Gasteiger charge is -1.98. The van der Waals surface area contributed by atoms with E-state index in [1.165, 1.54) is 35.4 Å². The lowest BCUT2D eigenvalue weighted by molar-refractivity contribution is 0.0955. The molecule has 0 fully saturated rings. The maximum absolute atomic E-state index is 12.5. The van der Waals surface area contributed by atoms with Crippen LogP contribution >= 0.6 is 0 Å². The minimum Gasteiger partial charge on any atom is -0.271 e. The first-order valence-electron chi connectivity index (χ1n) is 3.91. The summed E-state index contributed by atoms with van der Waals surface area (Å²) in [6.07, 6.45) is 5.37. The van der Waals surface area contributed by atoms with Crippen molar-refractivity contribution in [2.24, 2.45) is 0 Å². The van der Waals surface area contributed by atoms with Crippen molar-refractivity contribution in [1.29, 1.82) is 0 Å². The Morgan fingerprint density at radius 3 is 2.86 bits per heavy atom. The molecule has 0 unspecified atom stereocenters. The van der Waals surface area contributed by atoms with E-state index in [0.29, 0.717) is 0 Å². The second-order valence-corrected chi connectivity index (χ2v) is 2.64. The first-order valence-corrected chi connectivity index (χ1v) is 3.91. The molecule has 0 N–H and O–H groups in total. The van der Waals surface area contributed by atoms with Gasteiger partial charge in [-0.05, 0) is 12.1 Å². The Balaban J connectivity index is 2.33. The second kappa shape index (κ2) is 3.37. The monoisotopic (exact) mass is 191 g/mol. The Morgan fingerprint density at radius 1 is 1.43 bits per heavy atom. The lowest BCUT2D eigenvalue weighted by atomic mass is 10.3. The van der Waals surface area contributed by atoms with E-state index in [9.17, 15) is 9.18 Å². The van der Waals surface area contributed by atoms with Crippen molar-refractivity contribution in [3.05, 3.63) is 48.6 Å². The predicted octanol–water partition coefficient (Wildman–Crippen LogP) is 1.11. The number of carbonyl (C=O) groups excluding carboxylic acids is 1. The molecule has 0 aliphatic carbocycles. The molecular weight excluding hydrogens is 185 g/mol. The van der Waals surface area contributed by atoms with Gasteiger partial charge in [-0.1, -0.05) is 0 Å². The number of aromatic nitrogens is 3. The highest BCUT2D eigenvalue weighted by Gasteiger charge is 2.08. The van der Waals surface area contributed by atoms with Crippen molar-refractivity contribution in [1.82, 2.24) is 14.5 Å². The van der Waals surface area contributed by atoms with Crippen LogP contribution in [0.1, 0.15) is 10.5 Å². The molecule has 0 aliphatic rings. The van der Waals surface area contributed by atoms with Crippen molar-refractivity contribution in [3.63, 3.8) is 0 Å². The first-order chi connectivity index (χ1) is 6.77. The molecular formula is C9H6FN3O. The third-order valence-electron chi connectivity index (χ3n) is 1.69. The highest BCUT2D eigenvalue weighted by atomic mass is 19.1. The predicted molar refractivity (Wildman–Crippen MR) is 46.2 cm³/mol. The van der Waals surface area contributed by atoms with Crippen molar-refractivity contribution < 1.29 is 9.18 Å². The topological polar surface area (TPSA) is 47.8 Å². The molecule has 2 aromatic heterocycles. The van der Waals surface area contributed by atoms with Crippen molar-refractivity contribution in [3.8, 4) is 0 Å². The van der Waals surface area contributed by atoms with Gasteiger partial charge in [-0.15, -0.1) is 0 Å². The Kier molecular flexibility index (Phi) is 2.06. The number of imidazole rings is 1. The molecule has 0 spiro atoms. The maximum Gasteiger partial charge on any atom is 0.281 e. The molecule has 0 aromatic carbocycles. The molecule has 0 amide bonds. The van der Waals surface area contributed by atoms with E-state index in [-0.39, 0.29) is 11.6 Å². The van der Waals surface area contributed by atoms with E-state index in [2.05, 4.69) is 9.97 Å². The van der Waals surface area contributed by atoms with Crippen LogP contribution in [-0.2, 0) is 0 Å². The van der Waals surface area contributed by atoms with Crippen LogP contribution in [0.3, 0.4) is 0 Å². The fraction of sp³-hybridized carbons (Fsp3) is 0. The third kappa shape index (κ3) is 1.52. The van der Waals surface area contributed by atoms with Gasteiger partial charge in [-0.3, -0.25) is 9.36 Å². The zero-order valence-corrected chi connectivity index (χ0v) is 7.09. The standard InChI is InChI=1S/C9H6FN3O/c10-7-1-2-8(12-5-7)9(14)13-4-3-11-6-13/h1-6H. The largest absolute Gasteiger partial charge is 0.281 e. The Hall–Kier alpha value is -2.04. The van der Waals surface area contributed by atoms with Gasteiger partial charge < -0.3 is 0 Å². The average molecular weight is 191 g/mol. The summed E-state index contributed by atoms with van der Waals surface area (Å²) in [4.78, 5) is 18.9. The number of rotatable bonds is 1. The van der Waals surface area contributed by atoms with Crippen LogP contribution in [0.4, 0.5) is 4.39 Å². The summed E-state index contributed by atoms with van der Waals surface area (Å²) in [5.74, 6) is -0.797. The number of pyridine rings is 1. The molecule has 2 aromatic rings. The summed E-state index contributed by atoms with van der Waals surface area (Å²) in [7, 11) is 0. The minimum atomic E-state index is -0.466. The first kappa shape index (κ1) is 8.55. The van der Waals surface area contributed by atoms with Crippen LogP contribution in [-0.4, -0.2) is 20.4 Å². The maximum atomic E-state index is 12.5. The summed E-state index contributed by atoms with van der Waals surface area (Å²) in [5.41, 5.74) is 0.185.